The number of rotatable bonds is 12. The largest absolute Gasteiger partial charge is 0.454 e. The minimum atomic E-state index is -0.853. The third kappa shape index (κ3) is 11.2. The summed E-state index contributed by atoms with van der Waals surface area (Å²) in [5, 5.41) is 0. The van der Waals surface area contributed by atoms with Crippen molar-refractivity contribution in [3.63, 3.8) is 0 Å². The molecule has 0 fully saturated rings. The molecule has 3 unspecified atom stereocenters. The van der Waals surface area contributed by atoms with Crippen LogP contribution in [-0.2, 0) is 19.0 Å². The zero-order valence-corrected chi connectivity index (χ0v) is 26.2. The van der Waals surface area contributed by atoms with Crippen molar-refractivity contribution in [2.45, 2.75) is 83.1 Å². The Morgan fingerprint density at radius 2 is 1.70 bits per heavy atom. The molecule has 0 saturated carbocycles. The summed E-state index contributed by atoms with van der Waals surface area (Å²) in [6.45, 7) is 6.99. The van der Waals surface area contributed by atoms with Crippen molar-refractivity contribution in [1.82, 2.24) is 0 Å². The highest BCUT2D eigenvalue weighted by atomic mass is 16.5. The lowest BCUT2D eigenvalue weighted by atomic mass is 9.88. The average Bonchev–Trinajstić information content (AvgIpc) is 3.03. The molecule has 2 aromatic rings. The second-order valence-corrected chi connectivity index (χ2v) is 10.9. The van der Waals surface area contributed by atoms with E-state index in [2.05, 4.69) is 49.2 Å². The number of esters is 1. The van der Waals surface area contributed by atoms with E-state index < -0.39 is 5.72 Å². The number of carbonyl (C=O) groups is 1. The van der Waals surface area contributed by atoms with E-state index in [0.29, 0.717) is 12.8 Å². The number of allylic oxidation sites excluding steroid dienone is 1. The molecule has 0 heterocycles. The Morgan fingerprint density at radius 1 is 1.00 bits per heavy atom. The molecular formula is C37H48N2O4. The van der Waals surface area contributed by atoms with Crippen LogP contribution in [0, 0.1) is 0 Å². The lowest BCUT2D eigenvalue weighted by Crippen LogP contribution is -2.44. The van der Waals surface area contributed by atoms with Crippen LogP contribution in [0.15, 0.2) is 107 Å². The highest BCUT2D eigenvalue weighted by molar-refractivity contribution is 5.80. The van der Waals surface area contributed by atoms with Crippen LogP contribution in [0.1, 0.15) is 76.8 Å². The molecule has 0 bridgehead atoms. The lowest BCUT2D eigenvalue weighted by molar-refractivity contribution is -0.146. The van der Waals surface area contributed by atoms with Gasteiger partial charge >= 0.3 is 5.97 Å². The van der Waals surface area contributed by atoms with Gasteiger partial charge < -0.3 is 14.2 Å². The molecule has 230 valence electrons. The van der Waals surface area contributed by atoms with Crippen LogP contribution < -0.4 is 5.73 Å². The molecular weight excluding hydrogens is 536 g/mol. The fourth-order valence-electron chi connectivity index (χ4n) is 4.97. The molecule has 2 aliphatic rings. The van der Waals surface area contributed by atoms with Gasteiger partial charge in [0.1, 0.15) is 11.8 Å². The van der Waals surface area contributed by atoms with E-state index in [0.717, 1.165) is 48.3 Å². The van der Waals surface area contributed by atoms with Gasteiger partial charge in [-0.25, -0.2) is 0 Å². The van der Waals surface area contributed by atoms with Gasteiger partial charge in [-0.1, -0.05) is 106 Å². The van der Waals surface area contributed by atoms with Crippen molar-refractivity contribution in [3.8, 4) is 0 Å². The minimum Gasteiger partial charge on any atom is -0.454 e. The molecule has 0 aromatic heterocycles. The predicted molar refractivity (Wildman–Crippen MR) is 177 cm³/mol. The number of hydrogen-bond acceptors (Lipinski definition) is 6. The number of nitrogens with zero attached hydrogens (tertiary/aromatic N) is 1. The minimum absolute atomic E-state index is 0.115. The summed E-state index contributed by atoms with van der Waals surface area (Å²) in [6.07, 6.45) is 19.6. The van der Waals surface area contributed by atoms with Gasteiger partial charge in [0.05, 0.1) is 11.3 Å². The summed E-state index contributed by atoms with van der Waals surface area (Å²) in [7, 11) is 1.58. The van der Waals surface area contributed by atoms with E-state index in [-0.39, 0.29) is 17.7 Å². The molecule has 0 radical (unpaired) electrons. The Labute approximate surface area is 258 Å². The Hall–Kier alpha value is -3.58. The Kier molecular flexibility index (Phi) is 13.8. The molecule has 2 aromatic carbocycles. The first-order chi connectivity index (χ1) is 20.8. The number of hydrogen-bond donors (Lipinski definition) is 1. The van der Waals surface area contributed by atoms with Gasteiger partial charge in [-0.05, 0) is 54.7 Å². The van der Waals surface area contributed by atoms with Crippen LogP contribution >= 0.6 is 0 Å². The Balaban J connectivity index is 0.000000236. The SMILES string of the molecule is CCCC(=O)OC1C=CC(N)(OC)CC1=Cc1ccccc1.CCCCC1(OCC)C=CC(N=Cc2ccccc2)=CC1. The van der Waals surface area contributed by atoms with Crippen LogP contribution in [-0.4, -0.2) is 43.3 Å². The van der Waals surface area contributed by atoms with Gasteiger partial charge in [-0.2, -0.15) is 0 Å². The molecule has 43 heavy (non-hydrogen) atoms. The van der Waals surface area contributed by atoms with Gasteiger partial charge in [0.2, 0.25) is 0 Å². The fraction of sp³-hybridized carbons (Fsp3) is 0.405. The summed E-state index contributed by atoms with van der Waals surface area (Å²) in [5.74, 6) is -0.196. The van der Waals surface area contributed by atoms with Crippen LogP contribution in [0.4, 0.5) is 0 Å². The van der Waals surface area contributed by atoms with E-state index in [1.807, 2.05) is 67.7 Å². The van der Waals surface area contributed by atoms with Gasteiger partial charge in [0, 0.05) is 39.2 Å². The monoisotopic (exact) mass is 584 g/mol. The number of nitrogens with two attached hydrogens (primary N) is 1. The molecule has 6 nitrogen and oxygen atoms in total. The predicted octanol–water partition coefficient (Wildman–Crippen LogP) is 7.96. The Morgan fingerprint density at radius 3 is 2.28 bits per heavy atom. The number of methoxy groups -OCH3 is 1. The summed E-state index contributed by atoms with van der Waals surface area (Å²) in [5.41, 5.74) is 9.32. The summed E-state index contributed by atoms with van der Waals surface area (Å²) >= 11 is 0. The first-order valence-corrected chi connectivity index (χ1v) is 15.4. The van der Waals surface area contributed by atoms with E-state index in [1.165, 1.54) is 12.8 Å². The average molecular weight is 585 g/mol. The summed E-state index contributed by atoms with van der Waals surface area (Å²) in [6, 6.07) is 20.1. The maximum Gasteiger partial charge on any atom is 0.306 e. The molecule has 3 atom stereocenters. The van der Waals surface area contributed by atoms with Crippen molar-refractivity contribution in [3.05, 3.63) is 113 Å². The van der Waals surface area contributed by atoms with Gasteiger partial charge in [-0.3, -0.25) is 15.5 Å². The highest BCUT2D eigenvalue weighted by Gasteiger charge is 2.32. The van der Waals surface area contributed by atoms with Crippen LogP contribution in [0.25, 0.3) is 6.08 Å². The lowest BCUT2D eigenvalue weighted by Gasteiger charge is -2.32. The number of ether oxygens (including phenoxy) is 3. The van der Waals surface area contributed by atoms with Crippen LogP contribution in [0.2, 0.25) is 0 Å². The molecule has 6 heteroatoms. The molecule has 2 N–H and O–H groups in total. The molecule has 0 amide bonds. The number of unbranched alkanes of at least 4 members (excludes halogenated alkanes) is 1. The van der Waals surface area contributed by atoms with Gasteiger partial charge in [0.15, 0.2) is 0 Å². The van der Waals surface area contributed by atoms with Crippen molar-refractivity contribution >= 4 is 18.3 Å². The summed E-state index contributed by atoms with van der Waals surface area (Å²) < 4.78 is 16.9. The quantitative estimate of drug-likeness (QED) is 0.118. The van der Waals surface area contributed by atoms with E-state index in [1.54, 1.807) is 19.3 Å². The molecule has 0 aliphatic heterocycles. The maximum absolute atomic E-state index is 11.8. The van der Waals surface area contributed by atoms with Crippen molar-refractivity contribution in [1.29, 1.82) is 0 Å². The molecule has 2 aliphatic carbocycles. The number of carbonyl (C=O) groups excluding carboxylic acids is 1. The highest BCUT2D eigenvalue weighted by Crippen LogP contribution is 2.31. The third-order valence-electron chi connectivity index (χ3n) is 7.41. The summed E-state index contributed by atoms with van der Waals surface area (Å²) in [4.78, 5) is 16.3. The maximum atomic E-state index is 11.8. The molecule has 4 rings (SSSR count). The van der Waals surface area contributed by atoms with Crippen molar-refractivity contribution in [2.75, 3.05) is 13.7 Å². The standard InChI is InChI=1S/C19H25NO.C18H23NO3/c1-3-5-13-19(21-4-2)14-11-18(12-15-19)20-16-17-9-7-6-8-10-17;1-3-7-17(20)22-16-10-11-18(19,21-2)13-15(16)12-14-8-5-4-6-9-14/h6-12,14,16H,3-5,13,15H2,1-2H3;4-6,8-12,16H,3,7,13,19H2,1-2H3. The van der Waals surface area contributed by atoms with Crippen molar-refractivity contribution in [2.24, 2.45) is 10.7 Å². The topological polar surface area (TPSA) is 83.1 Å². The second kappa shape index (κ2) is 17.5. The zero-order valence-electron chi connectivity index (χ0n) is 26.2. The molecule has 0 spiro atoms. The van der Waals surface area contributed by atoms with Crippen molar-refractivity contribution < 1.29 is 19.0 Å². The number of aliphatic imine (C=N–C) groups is 1. The normalized spacial score (nSPS) is 24.0. The Bertz CT molecular complexity index is 1280. The van der Waals surface area contributed by atoms with E-state index >= 15 is 0 Å². The second-order valence-electron chi connectivity index (χ2n) is 10.9. The molecule has 0 saturated heterocycles. The van der Waals surface area contributed by atoms with E-state index in [9.17, 15) is 4.79 Å². The zero-order chi connectivity index (χ0) is 31.0. The van der Waals surface area contributed by atoms with E-state index in [4.69, 9.17) is 19.9 Å². The first kappa shape index (κ1) is 33.9. The van der Waals surface area contributed by atoms with Crippen LogP contribution in [0.5, 0.6) is 0 Å². The number of benzene rings is 2. The van der Waals surface area contributed by atoms with Gasteiger partial charge in [0.25, 0.3) is 0 Å². The van der Waals surface area contributed by atoms with Crippen LogP contribution in [0.3, 0.4) is 0 Å². The smallest absolute Gasteiger partial charge is 0.306 e. The van der Waals surface area contributed by atoms with Gasteiger partial charge in [-0.15, -0.1) is 0 Å². The third-order valence-corrected chi connectivity index (χ3v) is 7.41. The first-order valence-electron chi connectivity index (χ1n) is 15.4. The fourth-order valence-corrected chi connectivity index (χ4v) is 4.97.